The molecule has 1 aromatic heterocycles. The molecule has 0 aliphatic carbocycles. The van der Waals surface area contributed by atoms with E-state index in [4.69, 9.17) is 4.74 Å². The average Bonchev–Trinajstić information content (AvgIpc) is 3.27. The van der Waals surface area contributed by atoms with Crippen LogP contribution in [0.4, 0.5) is 11.4 Å². The number of anilines is 2. The molecule has 0 saturated carbocycles. The van der Waals surface area contributed by atoms with Crippen molar-refractivity contribution < 1.29 is 19.1 Å². The van der Waals surface area contributed by atoms with Gasteiger partial charge in [-0.15, -0.1) is 11.3 Å². The summed E-state index contributed by atoms with van der Waals surface area (Å²) in [6.07, 6.45) is 2.33. The Kier molecular flexibility index (Phi) is 8.64. The van der Waals surface area contributed by atoms with Gasteiger partial charge in [-0.1, -0.05) is 6.07 Å². The molecule has 32 heavy (non-hydrogen) atoms. The number of benzene rings is 1. The second-order valence-corrected chi connectivity index (χ2v) is 8.85. The number of amides is 3. The van der Waals surface area contributed by atoms with Crippen molar-refractivity contribution in [2.24, 2.45) is 5.92 Å². The summed E-state index contributed by atoms with van der Waals surface area (Å²) in [4.78, 5) is 39.6. The smallest absolute Gasteiger partial charge is 0.238 e. The van der Waals surface area contributed by atoms with E-state index in [1.54, 1.807) is 29.5 Å². The van der Waals surface area contributed by atoms with Crippen LogP contribution in [0.2, 0.25) is 0 Å². The van der Waals surface area contributed by atoms with E-state index in [0.29, 0.717) is 36.8 Å². The van der Waals surface area contributed by atoms with Crippen LogP contribution in [0, 0.1) is 5.92 Å². The Balaban J connectivity index is 1.43. The zero-order valence-electron chi connectivity index (χ0n) is 18.5. The van der Waals surface area contributed by atoms with Gasteiger partial charge in [0, 0.05) is 30.0 Å². The molecule has 1 saturated heterocycles. The molecule has 3 amide bonds. The molecule has 8 nitrogen and oxygen atoms in total. The summed E-state index contributed by atoms with van der Waals surface area (Å²) in [6, 6.07) is 9.18. The van der Waals surface area contributed by atoms with Gasteiger partial charge in [-0.25, -0.2) is 0 Å². The number of hydrogen-bond acceptors (Lipinski definition) is 6. The maximum Gasteiger partial charge on any atom is 0.238 e. The minimum atomic E-state index is -0.189. The third-order valence-corrected chi connectivity index (χ3v) is 6.31. The largest absolute Gasteiger partial charge is 0.495 e. The molecule has 0 radical (unpaired) electrons. The van der Waals surface area contributed by atoms with E-state index in [2.05, 4.69) is 26.9 Å². The van der Waals surface area contributed by atoms with Crippen molar-refractivity contribution in [2.45, 2.75) is 26.2 Å². The van der Waals surface area contributed by atoms with E-state index in [1.165, 1.54) is 18.9 Å². The lowest BCUT2D eigenvalue weighted by atomic mass is 9.96. The Morgan fingerprint density at radius 2 is 1.94 bits per heavy atom. The summed E-state index contributed by atoms with van der Waals surface area (Å²) < 4.78 is 5.31. The van der Waals surface area contributed by atoms with Crippen molar-refractivity contribution in [1.82, 2.24) is 10.2 Å². The summed E-state index contributed by atoms with van der Waals surface area (Å²) in [6.45, 7) is 3.71. The highest BCUT2D eigenvalue weighted by molar-refractivity contribution is 7.09. The second-order valence-electron chi connectivity index (χ2n) is 7.82. The lowest BCUT2D eigenvalue weighted by Crippen LogP contribution is -2.43. The summed E-state index contributed by atoms with van der Waals surface area (Å²) >= 11 is 1.70. The fourth-order valence-electron chi connectivity index (χ4n) is 3.74. The van der Waals surface area contributed by atoms with Crippen LogP contribution in [-0.2, 0) is 20.8 Å². The Hall–Kier alpha value is -2.91. The number of likely N-dealkylation sites (tertiary alicyclic amines) is 1. The maximum atomic E-state index is 12.6. The van der Waals surface area contributed by atoms with Gasteiger partial charge >= 0.3 is 0 Å². The monoisotopic (exact) mass is 458 g/mol. The van der Waals surface area contributed by atoms with Crippen LogP contribution in [0.3, 0.4) is 0 Å². The van der Waals surface area contributed by atoms with E-state index in [9.17, 15) is 14.4 Å². The molecule has 0 atom stereocenters. The predicted molar refractivity (Wildman–Crippen MR) is 126 cm³/mol. The minimum Gasteiger partial charge on any atom is -0.495 e. The molecule has 2 aromatic rings. The maximum absolute atomic E-state index is 12.6. The number of piperidine rings is 1. The number of carbonyl (C=O) groups is 3. The van der Waals surface area contributed by atoms with Crippen molar-refractivity contribution in [1.29, 1.82) is 0 Å². The first-order valence-corrected chi connectivity index (χ1v) is 11.6. The zero-order valence-corrected chi connectivity index (χ0v) is 19.3. The molecule has 0 unspecified atom stereocenters. The third-order valence-electron chi connectivity index (χ3n) is 5.37. The molecule has 172 valence electrons. The van der Waals surface area contributed by atoms with Crippen molar-refractivity contribution in [3.8, 4) is 5.75 Å². The molecule has 1 aliphatic heterocycles. The summed E-state index contributed by atoms with van der Waals surface area (Å²) in [5.41, 5.74) is 1.09. The Morgan fingerprint density at radius 3 is 2.59 bits per heavy atom. The van der Waals surface area contributed by atoms with Gasteiger partial charge in [-0.05, 0) is 62.0 Å². The molecule has 1 aliphatic rings. The van der Waals surface area contributed by atoms with Gasteiger partial charge in [0.15, 0.2) is 0 Å². The molecule has 1 fully saturated rings. The number of hydrogen-bond donors (Lipinski definition) is 3. The Morgan fingerprint density at radius 1 is 1.16 bits per heavy atom. The highest BCUT2D eigenvalue weighted by Gasteiger charge is 2.26. The summed E-state index contributed by atoms with van der Waals surface area (Å²) in [5, 5.41) is 10.6. The zero-order chi connectivity index (χ0) is 22.9. The first-order chi connectivity index (χ1) is 15.4. The van der Waals surface area contributed by atoms with Crippen molar-refractivity contribution >= 4 is 40.4 Å². The first-order valence-electron chi connectivity index (χ1n) is 10.7. The Labute approximate surface area is 192 Å². The van der Waals surface area contributed by atoms with Crippen LogP contribution in [-0.4, -0.2) is 55.9 Å². The normalized spacial score (nSPS) is 14.6. The molecule has 9 heteroatoms. The van der Waals surface area contributed by atoms with Gasteiger partial charge in [0.1, 0.15) is 5.75 Å². The second kappa shape index (κ2) is 11.6. The van der Waals surface area contributed by atoms with Crippen LogP contribution in [0.1, 0.15) is 24.6 Å². The molecule has 1 aromatic carbocycles. The minimum absolute atomic E-state index is 0.00734. The fourth-order valence-corrected chi connectivity index (χ4v) is 4.45. The topological polar surface area (TPSA) is 99.8 Å². The number of rotatable bonds is 9. The molecule has 0 spiro atoms. The van der Waals surface area contributed by atoms with Crippen molar-refractivity contribution in [3.05, 3.63) is 40.6 Å². The summed E-state index contributed by atoms with van der Waals surface area (Å²) in [5.74, 6) is 0.260. The Bertz CT molecular complexity index is 924. The van der Waals surface area contributed by atoms with Gasteiger partial charge in [0.25, 0.3) is 0 Å². The molecular formula is C23H30N4O4S. The van der Waals surface area contributed by atoms with Crippen LogP contribution in [0.5, 0.6) is 5.75 Å². The van der Waals surface area contributed by atoms with Gasteiger partial charge in [-0.3, -0.25) is 19.3 Å². The lowest BCUT2D eigenvalue weighted by Gasteiger charge is -2.30. The number of ether oxygens (including phenoxy) is 1. The quantitative estimate of drug-likeness (QED) is 0.537. The number of carbonyl (C=O) groups excluding carboxylic acids is 3. The van der Waals surface area contributed by atoms with Gasteiger partial charge in [0.05, 0.1) is 19.3 Å². The SMILES string of the molecule is COc1ccc(NC(C)=O)cc1NC(=O)CN1CCC(C(=O)NCCc2cccs2)CC1. The average molecular weight is 459 g/mol. The van der Waals surface area contributed by atoms with E-state index < -0.39 is 0 Å². The van der Waals surface area contributed by atoms with E-state index in [1.807, 2.05) is 11.4 Å². The molecular weight excluding hydrogens is 428 g/mol. The number of methoxy groups -OCH3 is 1. The van der Waals surface area contributed by atoms with Gasteiger partial charge in [-0.2, -0.15) is 0 Å². The first kappa shape index (κ1) is 23.7. The summed E-state index contributed by atoms with van der Waals surface area (Å²) in [7, 11) is 1.53. The van der Waals surface area contributed by atoms with E-state index >= 15 is 0 Å². The van der Waals surface area contributed by atoms with Crippen LogP contribution in [0.25, 0.3) is 0 Å². The predicted octanol–water partition coefficient (Wildman–Crippen LogP) is 2.72. The standard InChI is InChI=1S/C23H30N4O4S/c1-16(28)25-18-5-6-21(31-2)20(14-18)26-22(29)15-27-11-8-17(9-12-27)23(30)24-10-7-19-4-3-13-32-19/h3-6,13-14,17H,7-12,15H2,1-2H3,(H,24,30)(H,25,28)(H,26,29). The lowest BCUT2D eigenvalue weighted by molar-refractivity contribution is -0.126. The molecule has 2 heterocycles. The van der Waals surface area contributed by atoms with Crippen molar-refractivity contribution in [2.75, 3.05) is 43.9 Å². The van der Waals surface area contributed by atoms with Gasteiger partial charge < -0.3 is 20.7 Å². The van der Waals surface area contributed by atoms with E-state index in [-0.39, 0.29) is 30.2 Å². The van der Waals surface area contributed by atoms with Crippen LogP contribution in [0.15, 0.2) is 35.7 Å². The number of thiophene rings is 1. The van der Waals surface area contributed by atoms with Crippen LogP contribution < -0.4 is 20.7 Å². The van der Waals surface area contributed by atoms with Crippen LogP contribution >= 0.6 is 11.3 Å². The fraction of sp³-hybridized carbons (Fsp3) is 0.435. The highest BCUT2D eigenvalue weighted by atomic mass is 32.1. The number of nitrogens with one attached hydrogen (secondary N) is 3. The highest BCUT2D eigenvalue weighted by Crippen LogP contribution is 2.28. The van der Waals surface area contributed by atoms with E-state index in [0.717, 1.165) is 19.3 Å². The molecule has 3 N–H and O–H groups in total. The third kappa shape index (κ3) is 7.06. The molecule has 0 bridgehead atoms. The number of nitrogens with zero attached hydrogens (tertiary/aromatic N) is 1. The van der Waals surface area contributed by atoms with Crippen molar-refractivity contribution in [3.63, 3.8) is 0 Å². The van der Waals surface area contributed by atoms with Gasteiger partial charge in [0.2, 0.25) is 17.7 Å². The molecule has 3 rings (SSSR count).